The van der Waals surface area contributed by atoms with Gasteiger partial charge in [-0.3, -0.25) is 0 Å². The lowest BCUT2D eigenvalue weighted by atomic mass is 10.0. The summed E-state index contributed by atoms with van der Waals surface area (Å²) in [5.41, 5.74) is -0.476. The van der Waals surface area contributed by atoms with Gasteiger partial charge in [0, 0.05) is 5.02 Å². The van der Waals surface area contributed by atoms with E-state index >= 15 is 0 Å². The molecule has 1 aromatic carbocycles. The molecule has 0 saturated carbocycles. The molecule has 1 aromatic rings. The second-order valence-corrected chi connectivity index (χ2v) is 4.39. The van der Waals surface area contributed by atoms with Gasteiger partial charge in [0.15, 0.2) is 11.6 Å². The van der Waals surface area contributed by atoms with Gasteiger partial charge in [-0.2, -0.15) is 0 Å². The lowest BCUT2D eigenvalue weighted by molar-refractivity contribution is -0.138. The van der Waals surface area contributed by atoms with E-state index in [1.165, 1.54) is 0 Å². The van der Waals surface area contributed by atoms with Crippen molar-refractivity contribution in [2.45, 2.75) is 19.9 Å². The zero-order chi connectivity index (χ0) is 13.2. The van der Waals surface area contributed by atoms with Crippen LogP contribution in [-0.2, 0) is 4.79 Å². The van der Waals surface area contributed by atoms with Crippen molar-refractivity contribution in [2.24, 2.45) is 5.92 Å². The quantitative estimate of drug-likeness (QED) is 0.877. The van der Waals surface area contributed by atoms with Gasteiger partial charge >= 0.3 is 5.97 Å². The van der Waals surface area contributed by atoms with Crippen molar-refractivity contribution in [3.63, 3.8) is 0 Å². The Morgan fingerprint density at radius 1 is 1.35 bits per heavy atom. The molecule has 3 nitrogen and oxygen atoms in total. The van der Waals surface area contributed by atoms with Gasteiger partial charge in [-0.1, -0.05) is 25.4 Å². The highest BCUT2D eigenvalue weighted by atomic mass is 35.5. The molecule has 94 valence electrons. The number of hydrogen-bond acceptors (Lipinski definition) is 2. The van der Waals surface area contributed by atoms with Crippen LogP contribution < -0.4 is 5.32 Å². The first-order chi connectivity index (χ1) is 7.82. The Labute approximate surface area is 102 Å². The van der Waals surface area contributed by atoms with Crippen LogP contribution in [0.4, 0.5) is 14.5 Å². The molecule has 0 saturated heterocycles. The Balaban J connectivity index is 3.05. The average Bonchev–Trinajstić information content (AvgIpc) is 2.14. The molecule has 1 unspecified atom stereocenters. The van der Waals surface area contributed by atoms with Crippen LogP contribution in [0, 0.1) is 17.6 Å². The van der Waals surface area contributed by atoms with Crippen LogP contribution in [0.1, 0.15) is 13.8 Å². The predicted molar refractivity (Wildman–Crippen MR) is 61.3 cm³/mol. The third-order valence-electron chi connectivity index (χ3n) is 2.24. The molecule has 0 amide bonds. The van der Waals surface area contributed by atoms with Crippen molar-refractivity contribution in [3.8, 4) is 0 Å². The zero-order valence-electron chi connectivity index (χ0n) is 9.30. The molecule has 0 bridgehead atoms. The van der Waals surface area contributed by atoms with Crippen LogP contribution in [0.2, 0.25) is 5.02 Å². The van der Waals surface area contributed by atoms with Crippen molar-refractivity contribution in [3.05, 3.63) is 28.8 Å². The number of rotatable bonds is 4. The smallest absolute Gasteiger partial charge is 0.326 e. The van der Waals surface area contributed by atoms with Gasteiger partial charge in [0.2, 0.25) is 0 Å². The molecule has 0 fully saturated rings. The fourth-order valence-corrected chi connectivity index (χ4v) is 1.54. The maximum atomic E-state index is 13.4. The van der Waals surface area contributed by atoms with Crippen LogP contribution in [0.3, 0.4) is 0 Å². The van der Waals surface area contributed by atoms with E-state index < -0.39 is 29.3 Å². The van der Waals surface area contributed by atoms with Gasteiger partial charge in [-0.05, 0) is 18.1 Å². The highest BCUT2D eigenvalue weighted by Crippen LogP contribution is 2.25. The molecule has 2 N–H and O–H groups in total. The normalized spacial score (nSPS) is 12.6. The summed E-state index contributed by atoms with van der Waals surface area (Å²) in [6.45, 7) is 3.27. The molecule has 1 rings (SSSR count). The van der Waals surface area contributed by atoms with E-state index in [4.69, 9.17) is 16.7 Å². The van der Waals surface area contributed by atoms with Crippen molar-refractivity contribution in [2.75, 3.05) is 5.32 Å². The number of aliphatic carboxylic acids is 1. The van der Waals surface area contributed by atoms with E-state index in [1.807, 2.05) is 0 Å². The first kappa shape index (κ1) is 13.7. The van der Waals surface area contributed by atoms with E-state index in [9.17, 15) is 13.6 Å². The van der Waals surface area contributed by atoms with Crippen LogP contribution in [-0.4, -0.2) is 17.1 Å². The predicted octanol–water partition coefficient (Wildman–Crippen LogP) is 3.14. The third-order valence-corrected chi connectivity index (χ3v) is 2.46. The van der Waals surface area contributed by atoms with E-state index in [2.05, 4.69) is 5.32 Å². The topological polar surface area (TPSA) is 49.3 Å². The van der Waals surface area contributed by atoms with Gasteiger partial charge in [-0.25, -0.2) is 13.6 Å². The van der Waals surface area contributed by atoms with Crippen LogP contribution in [0.5, 0.6) is 0 Å². The first-order valence-electron chi connectivity index (χ1n) is 4.96. The molecule has 0 spiro atoms. The van der Waals surface area contributed by atoms with E-state index in [0.717, 1.165) is 12.1 Å². The molecule has 0 aliphatic carbocycles. The SMILES string of the molecule is CC(C)C(Nc1c(F)cc(Cl)cc1F)C(=O)O. The summed E-state index contributed by atoms with van der Waals surface area (Å²) in [6, 6.07) is 0.776. The Kier molecular flexibility index (Phi) is 4.28. The second kappa shape index (κ2) is 5.31. The summed E-state index contributed by atoms with van der Waals surface area (Å²) < 4.78 is 26.8. The summed E-state index contributed by atoms with van der Waals surface area (Å²) >= 11 is 5.46. The average molecular weight is 264 g/mol. The Bertz CT molecular complexity index is 414. The van der Waals surface area contributed by atoms with Crippen molar-refractivity contribution in [1.82, 2.24) is 0 Å². The molecular formula is C11H12ClF2NO2. The molecule has 0 heterocycles. The lowest BCUT2D eigenvalue weighted by Crippen LogP contribution is -2.34. The highest BCUT2D eigenvalue weighted by molar-refractivity contribution is 6.30. The summed E-state index contributed by atoms with van der Waals surface area (Å²) in [7, 11) is 0. The van der Waals surface area contributed by atoms with Crippen LogP contribution >= 0.6 is 11.6 Å². The zero-order valence-corrected chi connectivity index (χ0v) is 10.1. The Morgan fingerprint density at radius 3 is 2.18 bits per heavy atom. The summed E-state index contributed by atoms with van der Waals surface area (Å²) in [6.07, 6.45) is 0. The Hall–Kier alpha value is -1.36. The molecule has 6 heteroatoms. The second-order valence-electron chi connectivity index (χ2n) is 3.95. The minimum absolute atomic E-state index is 0.0815. The molecular weight excluding hydrogens is 252 g/mol. The van der Waals surface area contributed by atoms with Crippen LogP contribution in [0.15, 0.2) is 12.1 Å². The summed E-state index contributed by atoms with van der Waals surface area (Å²) in [5, 5.41) is 11.2. The number of carbonyl (C=O) groups is 1. The number of carboxylic acid groups (broad SMARTS) is 1. The monoisotopic (exact) mass is 263 g/mol. The number of benzene rings is 1. The molecule has 0 aromatic heterocycles. The number of anilines is 1. The molecule has 0 aliphatic rings. The standard InChI is InChI=1S/C11H12ClF2NO2/c1-5(2)9(11(16)17)15-10-7(13)3-6(12)4-8(10)14/h3-5,9,15H,1-2H3,(H,16,17). The highest BCUT2D eigenvalue weighted by Gasteiger charge is 2.24. The minimum atomic E-state index is -1.17. The fourth-order valence-electron chi connectivity index (χ4n) is 1.35. The number of carboxylic acids is 1. The maximum absolute atomic E-state index is 13.4. The summed E-state index contributed by atoms with van der Waals surface area (Å²) in [5.74, 6) is -3.32. The maximum Gasteiger partial charge on any atom is 0.326 e. The molecule has 1 atom stereocenters. The minimum Gasteiger partial charge on any atom is -0.480 e. The van der Waals surface area contributed by atoms with Gasteiger partial charge in [0.25, 0.3) is 0 Å². The van der Waals surface area contributed by atoms with Crippen molar-refractivity contribution >= 4 is 23.3 Å². The number of hydrogen-bond donors (Lipinski definition) is 2. The van der Waals surface area contributed by atoms with E-state index in [1.54, 1.807) is 13.8 Å². The molecule has 0 aliphatic heterocycles. The molecule has 0 radical (unpaired) electrons. The fraction of sp³-hybridized carbons (Fsp3) is 0.364. The van der Waals surface area contributed by atoms with Gasteiger partial charge in [0.05, 0.1) is 0 Å². The lowest BCUT2D eigenvalue weighted by Gasteiger charge is -2.19. The largest absolute Gasteiger partial charge is 0.480 e. The number of nitrogens with one attached hydrogen (secondary N) is 1. The van der Waals surface area contributed by atoms with Gasteiger partial charge in [-0.15, -0.1) is 0 Å². The van der Waals surface area contributed by atoms with Crippen molar-refractivity contribution < 1.29 is 18.7 Å². The van der Waals surface area contributed by atoms with E-state index in [-0.39, 0.29) is 10.9 Å². The number of halogens is 3. The molecule has 17 heavy (non-hydrogen) atoms. The van der Waals surface area contributed by atoms with Crippen LogP contribution in [0.25, 0.3) is 0 Å². The third kappa shape index (κ3) is 3.30. The summed E-state index contributed by atoms with van der Waals surface area (Å²) in [4.78, 5) is 10.9. The van der Waals surface area contributed by atoms with Gasteiger partial charge < -0.3 is 10.4 Å². The van der Waals surface area contributed by atoms with Crippen molar-refractivity contribution in [1.29, 1.82) is 0 Å². The Morgan fingerprint density at radius 2 is 1.82 bits per heavy atom. The van der Waals surface area contributed by atoms with E-state index in [0.29, 0.717) is 0 Å². The first-order valence-corrected chi connectivity index (χ1v) is 5.34. The van der Waals surface area contributed by atoms with Gasteiger partial charge in [0.1, 0.15) is 11.7 Å².